The highest BCUT2D eigenvalue weighted by atomic mass is 35.5. The zero-order chi connectivity index (χ0) is 20.2. The zero-order valence-corrected chi connectivity index (χ0v) is 16.3. The lowest BCUT2D eigenvalue weighted by Crippen LogP contribution is -2.10. The number of anilines is 1. The molecule has 0 aliphatic heterocycles. The number of benzene rings is 2. The van der Waals surface area contributed by atoms with Crippen LogP contribution in [0.25, 0.3) is 16.9 Å². The summed E-state index contributed by atoms with van der Waals surface area (Å²) >= 11 is 6.48. The summed E-state index contributed by atoms with van der Waals surface area (Å²) in [5, 5.41) is 9.08. The number of hydrogen-bond donors (Lipinski definition) is 2. The van der Waals surface area contributed by atoms with Crippen LogP contribution in [0, 0.1) is 6.92 Å². The van der Waals surface area contributed by atoms with Crippen LogP contribution in [0.2, 0.25) is 5.15 Å². The number of aryl methyl sites for hydroxylation is 1. The number of aromatic nitrogens is 4. The Hall–Kier alpha value is -3.71. The molecular formula is C21H17ClN6O. The molecule has 2 heterocycles. The van der Waals surface area contributed by atoms with E-state index in [0.717, 1.165) is 16.9 Å². The van der Waals surface area contributed by atoms with Gasteiger partial charge in [0.25, 0.3) is 5.56 Å². The maximum absolute atomic E-state index is 12.0. The monoisotopic (exact) mass is 404 g/mol. The molecule has 2 aromatic carbocycles. The van der Waals surface area contributed by atoms with E-state index < -0.39 is 0 Å². The van der Waals surface area contributed by atoms with Gasteiger partial charge in [0.05, 0.1) is 28.9 Å². The van der Waals surface area contributed by atoms with Crippen LogP contribution >= 0.6 is 11.6 Å². The molecule has 7 nitrogen and oxygen atoms in total. The van der Waals surface area contributed by atoms with Gasteiger partial charge in [0.15, 0.2) is 0 Å². The van der Waals surface area contributed by atoms with Gasteiger partial charge < -0.3 is 0 Å². The molecule has 0 aliphatic carbocycles. The Balaban J connectivity index is 1.58. The normalized spacial score (nSPS) is 11.1. The Kier molecular flexibility index (Phi) is 5.22. The van der Waals surface area contributed by atoms with Gasteiger partial charge in [0.2, 0.25) is 5.95 Å². The molecule has 0 atom stereocenters. The van der Waals surface area contributed by atoms with Gasteiger partial charge in [-0.25, -0.2) is 15.1 Å². The number of para-hydroxylation sites is 1. The van der Waals surface area contributed by atoms with Gasteiger partial charge in [0, 0.05) is 11.6 Å². The first-order valence-electron chi connectivity index (χ1n) is 8.88. The summed E-state index contributed by atoms with van der Waals surface area (Å²) in [4.78, 5) is 19.0. The van der Waals surface area contributed by atoms with Crippen molar-refractivity contribution in [3.05, 3.63) is 93.5 Å². The summed E-state index contributed by atoms with van der Waals surface area (Å²) in [6, 6.07) is 20.5. The van der Waals surface area contributed by atoms with Crippen LogP contribution in [0.4, 0.5) is 5.95 Å². The molecule has 0 unspecified atom stereocenters. The number of hydrogen-bond acceptors (Lipinski definition) is 5. The van der Waals surface area contributed by atoms with E-state index in [1.807, 2.05) is 67.6 Å². The Morgan fingerprint density at radius 2 is 1.79 bits per heavy atom. The highest BCUT2D eigenvalue weighted by Gasteiger charge is 2.13. The molecule has 2 N–H and O–H groups in total. The van der Waals surface area contributed by atoms with Crippen LogP contribution in [-0.4, -0.2) is 26.0 Å². The van der Waals surface area contributed by atoms with Gasteiger partial charge in [-0.05, 0) is 19.1 Å². The first-order valence-corrected chi connectivity index (χ1v) is 9.26. The molecule has 2 aromatic heterocycles. The van der Waals surface area contributed by atoms with E-state index in [0.29, 0.717) is 16.4 Å². The van der Waals surface area contributed by atoms with Crippen molar-refractivity contribution in [3.63, 3.8) is 0 Å². The minimum Gasteiger partial charge on any atom is -0.291 e. The van der Waals surface area contributed by atoms with Crippen LogP contribution in [-0.2, 0) is 0 Å². The standard InChI is InChI=1S/C21H17ClN6O/c1-14-17(20(22)28(27-14)16-10-6-3-7-11-16)13-23-26-21-24-18(12-19(29)25-21)15-8-4-2-5-9-15/h2-13H,1H3,(H2,24,25,26,29)/b23-13+. The van der Waals surface area contributed by atoms with Crippen molar-refractivity contribution in [1.82, 2.24) is 19.7 Å². The quantitative estimate of drug-likeness (QED) is 0.388. The molecule has 0 fully saturated rings. The zero-order valence-electron chi connectivity index (χ0n) is 15.5. The minimum absolute atomic E-state index is 0.233. The average molecular weight is 405 g/mol. The third-order valence-electron chi connectivity index (χ3n) is 4.22. The van der Waals surface area contributed by atoms with Crippen molar-refractivity contribution < 1.29 is 0 Å². The number of rotatable bonds is 5. The summed E-state index contributed by atoms with van der Waals surface area (Å²) in [5.41, 5.74) is 6.13. The Labute approximate surface area is 171 Å². The molecule has 0 spiro atoms. The maximum atomic E-state index is 12.0. The lowest BCUT2D eigenvalue weighted by Gasteiger charge is -2.03. The van der Waals surface area contributed by atoms with Crippen LogP contribution in [0.3, 0.4) is 0 Å². The number of H-pyrrole nitrogens is 1. The first kappa shape index (κ1) is 18.6. The van der Waals surface area contributed by atoms with Crippen LogP contribution in [0.5, 0.6) is 0 Å². The van der Waals surface area contributed by atoms with E-state index in [1.54, 1.807) is 10.9 Å². The lowest BCUT2D eigenvalue weighted by molar-refractivity contribution is 0.863. The van der Waals surface area contributed by atoms with Crippen molar-refractivity contribution in [2.45, 2.75) is 6.92 Å². The number of halogens is 1. The Morgan fingerprint density at radius 3 is 2.52 bits per heavy atom. The van der Waals surface area contributed by atoms with Crippen molar-refractivity contribution in [1.29, 1.82) is 0 Å². The molecule has 0 amide bonds. The van der Waals surface area contributed by atoms with E-state index in [-0.39, 0.29) is 11.5 Å². The number of nitrogens with one attached hydrogen (secondary N) is 2. The number of hydrazone groups is 1. The summed E-state index contributed by atoms with van der Waals surface area (Å²) in [7, 11) is 0. The molecule has 0 aliphatic rings. The summed E-state index contributed by atoms with van der Waals surface area (Å²) in [6.07, 6.45) is 1.55. The second kappa shape index (κ2) is 8.12. The van der Waals surface area contributed by atoms with E-state index in [4.69, 9.17) is 11.6 Å². The van der Waals surface area contributed by atoms with Crippen LogP contribution < -0.4 is 11.0 Å². The van der Waals surface area contributed by atoms with E-state index in [1.165, 1.54) is 6.07 Å². The fraction of sp³-hybridized carbons (Fsp3) is 0.0476. The van der Waals surface area contributed by atoms with E-state index >= 15 is 0 Å². The molecule has 0 saturated carbocycles. The number of nitrogens with zero attached hydrogens (tertiary/aromatic N) is 4. The maximum Gasteiger partial charge on any atom is 0.252 e. The molecular weight excluding hydrogens is 388 g/mol. The summed E-state index contributed by atoms with van der Waals surface area (Å²) in [5.74, 6) is 0.233. The predicted molar refractivity (Wildman–Crippen MR) is 115 cm³/mol. The lowest BCUT2D eigenvalue weighted by atomic mass is 10.1. The first-order chi connectivity index (χ1) is 14.1. The van der Waals surface area contributed by atoms with Crippen molar-refractivity contribution >= 4 is 23.8 Å². The van der Waals surface area contributed by atoms with E-state index in [2.05, 4.69) is 25.6 Å². The molecule has 4 rings (SSSR count). The molecule has 8 heteroatoms. The van der Waals surface area contributed by atoms with Crippen molar-refractivity contribution in [2.75, 3.05) is 5.43 Å². The number of aromatic amines is 1. The van der Waals surface area contributed by atoms with Gasteiger partial charge >= 0.3 is 0 Å². The minimum atomic E-state index is -0.275. The molecule has 0 saturated heterocycles. The molecule has 144 valence electrons. The van der Waals surface area contributed by atoms with Gasteiger partial charge in [-0.2, -0.15) is 10.2 Å². The molecule has 0 radical (unpaired) electrons. The highest BCUT2D eigenvalue weighted by molar-refractivity contribution is 6.32. The van der Waals surface area contributed by atoms with Crippen LogP contribution in [0.15, 0.2) is 76.6 Å². The van der Waals surface area contributed by atoms with E-state index in [9.17, 15) is 4.79 Å². The SMILES string of the molecule is Cc1nn(-c2ccccc2)c(Cl)c1/C=N/Nc1nc(-c2ccccc2)cc(=O)[nH]1. The van der Waals surface area contributed by atoms with Gasteiger partial charge in [-0.15, -0.1) is 0 Å². The smallest absolute Gasteiger partial charge is 0.252 e. The molecule has 4 aromatic rings. The fourth-order valence-corrected chi connectivity index (χ4v) is 3.14. The second-order valence-corrected chi connectivity index (χ2v) is 6.61. The fourth-order valence-electron chi connectivity index (χ4n) is 2.82. The van der Waals surface area contributed by atoms with Gasteiger partial charge in [-0.1, -0.05) is 60.1 Å². The highest BCUT2D eigenvalue weighted by Crippen LogP contribution is 2.22. The van der Waals surface area contributed by atoms with Crippen molar-refractivity contribution in [2.24, 2.45) is 5.10 Å². The third-order valence-corrected chi connectivity index (χ3v) is 4.59. The second-order valence-electron chi connectivity index (χ2n) is 6.25. The largest absolute Gasteiger partial charge is 0.291 e. The Morgan fingerprint density at radius 1 is 1.10 bits per heavy atom. The molecule has 29 heavy (non-hydrogen) atoms. The molecule has 0 bridgehead atoms. The Bertz CT molecular complexity index is 1220. The summed E-state index contributed by atoms with van der Waals surface area (Å²) < 4.78 is 1.65. The topological polar surface area (TPSA) is 88.0 Å². The van der Waals surface area contributed by atoms with Gasteiger partial charge in [-0.3, -0.25) is 9.78 Å². The van der Waals surface area contributed by atoms with Crippen molar-refractivity contribution in [3.8, 4) is 16.9 Å². The third kappa shape index (κ3) is 4.09. The summed E-state index contributed by atoms with van der Waals surface area (Å²) in [6.45, 7) is 1.85. The average Bonchev–Trinajstić information content (AvgIpc) is 3.03. The predicted octanol–water partition coefficient (Wildman–Crippen LogP) is 4.03. The van der Waals surface area contributed by atoms with Crippen LogP contribution in [0.1, 0.15) is 11.3 Å². The van der Waals surface area contributed by atoms with Gasteiger partial charge in [0.1, 0.15) is 5.15 Å².